The quantitative estimate of drug-likeness (QED) is 0.575. The van der Waals surface area contributed by atoms with E-state index in [0.29, 0.717) is 6.04 Å². The molecule has 0 aliphatic carbocycles. The Hall–Kier alpha value is -0.0800. The molecule has 0 amide bonds. The summed E-state index contributed by atoms with van der Waals surface area (Å²) in [5.74, 6) is 0. The van der Waals surface area contributed by atoms with Crippen molar-refractivity contribution in [1.29, 1.82) is 0 Å². The summed E-state index contributed by atoms with van der Waals surface area (Å²) >= 11 is 0. The Balaban J connectivity index is 3.35. The SMILES string of the molecule is CCCCCN(C)CC(C)NCCC. The van der Waals surface area contributed by atoms with E-state index in [2.05, 4.69) is 38.0 Å². The predicted molar refractivity (Wildman–Crippen MR) is 64.8 cm³/mol. The van der Waals surface area contributed by atoms with Crippen LogP contribution in [0.15, 0.2) is 0 Å². The molecule has 0 heterocycles. The van der Waals surface area contributed by atoms with Crippen LogP contribution in [0.5, 0.6) is 0 Å². The number of unbranched alkanes of at least 4 members (excludes halogenated alkanes) is 2. The van der Waals surface area contributed by atoms with Crippen molar-refractivity contribution in [2.75, 3.05) is 26.7 Å². The summed E-state index contributed by atoms with van der Waals surface area (Å²) in [4.78, 5) is 2.43. The minimum atomic E-state index is 0.626. The fourth-order valence-corrected chi connectivity index (χ4v) is 1.65. The normalized spacial score (nSPS) is 13.5. The van der Waals surface area contributed by atoms with Gasteiger partial charge in [0.2, 0.25) is 0 Å². The van der Waals surface area contributed by atoms with E-state index in [1.54, 1.807) is 0 Å². The molecule has 0 aliphatic rings. The van der Waals surface area contributed by atoms with E-state index in [1.807, 2.05) is 0 Å². The first-order valence-electron chi connectivity index (χ1n) is 6.12. The molecule has 2 nitrogen and oxygen atoms in total. The number of nitrogens with zero attached hydrogens (tertiary/aromatic N) is 1. The van der Waals surface area contributed by atoms with Crippen molar-refractivity contribution >= 4 is 0 Å². The molecule has 0 radical (unpaired) electrons. The average Bonchev–Trinajstić information content (AvgIpc) is 2.15. The molecular formula is C12H28N2. The third-order valence-electron chi connectivity index (χ3n) is 2.47. The molecule has 0 rings (SSSR count). The fraction of sp³-hybridized carbons (Fsp3) is 1.00. The monoisotopic (exact) mass is 200 g/mol. The predicted octanol–water partition coefficient (Wildman–Crippen LogP) is 2.50. The van der Waals surface area contributed by atoms with Gasteiger partial charge in [0.1, 0.15) is 0 Å². The molecule has 0 spiro atoms. The molecule has 0 aromatic carbocycles. The number of nitrogens with one attached hydrogen (secondary N) is 1. The van der Waals surface area contributed by atoms with Crippen molar-refractivity contribution in [3.05, 3.63) is 0 Å². The van der Waals surface area contributed by atoms with Gasteiger partial charge in [-0.25, -0.2) is 0 Å². The Bertz CT molecular complexity index is 115. The van der Waals surface area contributed by atoms with E-state index in [0.717, 1.165) is 6.54 Å². The highest BCUT2D eigenvalue weighted by Gasteiger charge is 2.04. The van der Waals surface area contributed by atoms with Crippen molar-refractivity contribution in [1.82, 2.24) is 10.2 Å². The minimum Gasteiger partial charge on any atom is -0.313 e. The van der Waals surface area contributed by atoms with Crippen molar-refractivity contribution in [2.24, 2.45) is 0 Å². The van der Waals surface area contributed by atoms with Gasteiger partial charge in [0, 0.05) is 12.6 Å². The first-order valence-corrected chi connectivity index (χ1v) is 6.12. The summed E-state index contributed by atoms with van der Waals surface area (Å²) in [6.45, 7) is 10.3. The van der Waals surface area contributed by atoms with Crippen LogP contribution in [0.2, 0.25) is 0 Å². The Kier molecular flexibility index (Phi) is 9.42. The maximum atomic E-state index is 3.51. The van der Waals surface area contributed by atoms with Gasteiger partial charge < -0.3 is 10.2 Å². The third kappa shape index (κ3) is 8.52. The highest BCUT2D eigenvalue weighted by atomic mass is 15.1. The number of likely N-dealkylation sites (N-methyl/N-ethyl adjacent to an activating group) is 1. The van der Waals surface area contributed by atoms with Gasteiger partial charge in [-0.05, 0) is 39.9 Å². The van der Waals surface area contributed by atoms with Crippen LogP contribution in [0.3, 0.4) is 0 Å². The molecule has 86 valence electrons. The molecule has 14 heavy (non-hydrogen) atoms. The molecular weight excluding hydrogens is 172 g/mol. The van der Waals surface area contributed by atoms with E-state index in [1.165, 1.54) is 38.8 Å². The smallest absolute Gasteiger partial charge is 0.0166 e. The van der Waals surface area contributed by atoms with Gasteiger partial charge in [-0.15, -0.1) is 0 Å². The topological polar surface area (TPSA) is 15.3 Å². The van der Waals surface area contributed by atoms with Crippen LogP contribution in [-0.4, -0.2) is 37.6 Å². The van der Waals surface area contributed by atoms with Gasteiger partial charge in [0.25, 0.3) is 0 Å². The van der Waals surface area contributed by atoms with Crippen LogP contribution in [-0.2, 0) is 0 Å². The second-order valence-electron chi connectivity index (χ2n) is 4.32. The minimum absolute atomic E-state index is 0.626. The van der Waals surface area contributed by atoms with Crippen LogP contribution < -0.4 is 5.32 Å². The lowest BCUT2D eigenvalue weighted by atomic mass is 10.2. The summed E-state index contributed by atoms with van der Waals surface area (Å²) in [7, 11) is 2.22. The van der Waals surface area contributed by atoms with Gasteiger partial charge in [-0.2, -0.15) is 0 Å². The standard InChI is InChI=1S/C12H28N2/c1-5-7-8-10-14(4)11-12(3)13-9-6-2/h12-13H,5-11H2,1-4H3. The second kappa shape index (κ2) is 9.47. The van der Waals surface area contributed by atoms with E-state index in [-0.39, 0.29) is 0 Å². The van der Waals surface area contributed by atoms with Crippen LogP contribution >= 0.6 is 0 Å². The molecule has 0 fully saturated rings. The van der Waals surface area contributed by atoms with Gasteiger partial charge in [0.15, 0.2) is 0 Å². The van der Waals surface area contributed by atoms with Crippen LogP contribution in [0.4, 0.5) is 0 Å². The van der Waals surface area contributed by atoms with Crippen molar-refractivity contribution < 1.29 is 0 Å². The lowest BCUT2D eigenvalue weighted by Gasteiger charge is -2.21. The van der Waals surface area contributed by atoms with E-state index < -0.39 is 0 Å². The first kappa shape index (κ1) is 13.9. The van der Waals surface area contributed by atoms with Gasteiger partial charge in [-0.1, -0.05) is 26.7 Å². The highest BCUT2D eigenvalue weighted by Crippen LogP contribution is 1.97. The summed E-state index contributed by atoms with van der Waals surface area (Å²) in [6, 6.07) is 0.626. The Morgan fingerprint density at radius 2 is 1.86 bits per heavy atom. The average molecular weight is 200 g/mol. The third-order valence-corrected chi connectivity index (χ3v) is 2.47. The van der Waals surface area contributed by atoms with Crippen molar-refractivity contribution in [3.63, 3.8) is 0 Å². The molecule has 0 bridgehead atoms. The Labute approximate surface area is 90.1 Å². The summed E-state index contributed by atoms with van der Waals surface area (Å²) in [6.07, 6.45) is 5.25. The molecule has 1 unspecified atom stereocenters. The Morgan fingerprint density at radius 1 is 1.14 bits per heavy atom. The molecule has 0 aliphatic heterocycles. The molecule has 0 aromatic heterocycles. The van der Waals surface area contributed by atoms with Crippen molar-refractivity contribution in [3.8, 4) is 0 Å². The Morgan fingerprint density at radius 3 is 2.43 bits per heavy atom. The molecule has 0 saturated carbocycles. The van der Waals surface area contributed by atoms with Crippen LogP contribution in [0.25, 0.3) is 0 Å². The van der Waals surface area contributed by atoms with E-state index in [4.69, 9.17) is 0 Å². The second-order valence-corrected chi connectivity index (χ2v) is 4.32. The molecule has 0 aromatic rings. The lowest BCUT2D eigenvalue weighted by Crippen LogP contribution is -2.38. The fourth-order valence-electron chi connectivity index (χ4n) is 1.65. The van der Waals surface area contributed by atoms with Gasteiger partial charge >= 0.3 is 0 Å². The maximum Gasteiger partial charge on any atom is 0.0166 e. The zero-order valence-corrected chi connectivity index (χ0v) is 10.5. The molecule has 1 atom stereocenters. The van der Waals surface area contributed by atoms with Crippen LogP contribution in [0.1, 0.15) is 46.5 Å². The maximum absolute atomic E-state index is 3.51. The van der Waals surface area contributed by atoms with Crippen LogP contribution in [0, 0.1) is 0 Å². The number of hydrogen-bond donors (Lipinski definition) is 1. The largest absolute Gasteiger partial charge is 0.313 e. The van der Waals surface area contributed by atoms with E-state index >= 15 is 0 Å². The van der Waals surface area contributed by atoms with Gasteiger partial charge in [0.05, 0.1) is 0 Å². The van der Waals surface area contributed by atoms with Gasteiger partial charge in [-0.3, -0.25) is 0 Å². The lowest BCUT2D eigenvalue weighted by molar-refractivity contribution is 0.290. The van der Waals surface area contributed by atoms with E-state index in [9.17, 15) is 0 Å². The number of hydrogen-bond acceptors (Lipinski definition) is 2. The number of rotatable bonds is 9. The molecule has 2 heteroatoms. The molecule has 0 saturated heterocycles. The summed E-state index contributed by atoms with van der Waals surface area (Å²) in [5.41, 5.74) is 0. The summed E-state index contributed by atoms with van der Waals surface area (Å²) < 4.78 is 0. The highest BCUT2D eigenvalue weighted by molar-refractivity contribution is 4.64. The zero-order chi connectivity index (χ0) is 10.8. The molecule has 1 N–H and O–H groups in total. The zero-order valence-electron chi connectivity index (χ0n) is 10.5. The summed E-state index contributed by atoms with van der Waals surface area (Å²) in [5, 5.41) is 3.51. The first-order chi connectivity index (χ1) is 6.70. The van der Waals surface area contributed by atoms with Crippen molar-refractivity contribution in [2.45, 2.75) is 52.5 Å².